The summed E-state index contributed by atoms with van der Waals surface area (Å²) in [6, 6.07) is 8.36. The zero-order valence-electron chi connectivity index (χ0n) is 15.3. The molecule has 0 radical (unpaired) electrons. The van der Waals surface area contributed by atoms with Crippen molar-refractivity contribution in [2.24, 2.45) is 0 Å². The molecule has 1 aromatic carbocycles. The third-order valence-electron chi connectivity index (χ3n) is 6.01. The predicted octanol–water partition coefficient (Wildman–Crippen LogP) is 2.34. The summed E-state index contributed by atoms with van der Waals surface area (Å²) in [5.74, 6) is -0.457. The molecular formula is C20H22ClFN4O2. The Morgan fingerprint density at radius 1 is 1.32 bits per heavy atom. The lowest BCUT2D eigenvalue weighted by Crippen LogP contribution is -2.84. The van der Waals surface area contributed by atoms with Crippen molar-refractivity contribution in [3.05, 3.63) is 53.1 Å². The van der Waals surface area contributed by atoms with Crippen LogP contribution in [0, 0.1) is 5.82 Å². The van der Waals surface area contributed by atoms with E-state index in [-0.39, 0.29) is 34.8 Å². The number of aromatic nitrogens is 1. The number of nitrogens with zero attached hydrogens (tertiary/aromatic N) is 1. The lowest BCUT2D eigenvalue weighted by Gasteiger charge is -2.71. The van der Waals surface area contributed by atoms with Crippen LogP contribution < -0.4 is 20.7 Å². The lowest BCUT2D eigenvalue weighted by molar-refractivity contribution is -0.145. The van der Waals surface area contributed by atoms with Crippen molar-refractivity contribution in [1.82, 2.24) is 20.5 Å². The summed E-state index contributed by atoms with van der Waals surface area (Å²) in [6.45, 7) is 1.80. The predicted molar refractivity (Wildman–Crippen MR) is 103 cm³/mol. The fourth-order valence-electron chi connectivity index (χ4n) is 4.88. The Balaban J connectivity index is 1.11. The zero-order valence-corrected chi connectivity index (χ0v) is 16.1. The molecule has 8 heteroatoms. The highest BCUT2D eigenvalue weighted by Gasteiger charge is 2.69. The summed E-state index contributed by atoms with van der Waals surface area (Å²) < 4.78 is 21.1. The number of halogens is 2. The van der Waals surface area contributed by atoms with E-state index in [1.165, 1.54) is 17.8 Å². The Labute approximate surface area is 167 Å². The van der Waals surface area contributed by atoms with E-state index in [0.29, 0.717) is 5.75 Å². The highest BCUT2D eigenvalue weighted by Crippen LogP contribution is 2.61. The minimum atomic E-state index is -0.561. The molecule has 1 amide bonds. The molecule has 1 aromatic heterocycles. The number of ether oxygens (including phenoxy) is 1. The molecule has 28 heavy (non-hydrogen) atoms. The monoisotopic (exact) mass is 404 g/mol. The quantitative estimate of drug-likeness (QED) is 0.691. The largest absolute Gasteiger partial charge is 0.484 e. The van der Waals surface area contributed by atoms with Gasteiger partial charge in [0, 0.05) is 42.1 Å². The van der Waals surface area contributed by atoms with Crippen LogP contribution in [0.25, 0.3) is 0 Å². The fraction of sp³-hybridized carbons (Fsp3) is 0.450. The molecule has 3 fully saturated rings. The van der Waals surface area contributed by atoms with Crippen molar-refractivity contribution >= 4 is 17.5 Å². The first-order chi connectivity index (χ1) is 13.5. The van der Waals surface area contributed by atoms with E-state index >= 15 is 0 Å². The van der Waals surface area contributed by atoms with Crippen LogP contribution in [0.4, 0.5) is 4.39 Å². The second kappa shape index (κ2) is 6.47. The van der Waals surface area contributed by atoms with Crippen LogP contribution >= 0.6 is 11.6 Å². The van der Waals surface area contributed by atoms with Gasteiger partial charge in [0.25, 0.3) is 5.91 Å². The number of nitrogens with one attached hydrogen (secondary N) is 3. The van der Waals surface area contributed by atoms with Crippen LogP contribution in [0.3, 0.4) is 0 Å². The molecule has 0 saturated heterocycles. The fourth-order valence-corrected chi connectivity index (χ4v) is 5.00. The van der Waals surface area contributed by atoms with Gasteiger partial charge in [-0.3, -0.25) is 15.4 Å². The Morgan fingerprint density at radius 3 is 2.93 bits per heavy atom. The van der Waals surface area contributed by atoms with Gasteiger partial charge in [-0.15, -0.1) is 0 Å². The number of hydrogen-bond acceptors (Lipinski definition) is 4. The maximum Gasteiger partial charge on any atom is 0.258 e. The second-order valence-corrected chi connectivity index (χ2v) is 8.57. The maximum atomic E-state index is 13.4. The van der Waals surface area contributed by atoms with E-state index in [0.717, 1.165) is 32.4 Å². The Morgan fingerprint density at radius 2 is 2.14 bits per heavy atom. The molecule has 6 rings (SSSR count). The minimum absolute atomic E-state index is 0.0307. The molecule has 4 aliphatic rings. The molecule has 2 heterocycles. The highest BCUT2D eigenvalue weighted by atomic mass is 35.5. The van der Waals surface area contributed by atoms with Gasteiger partial charge < -0.3 is 14.6 Å². The van der Waals surface area contributed by atoms with Crippen LogP contribution in [0.15, 0.2) is 36.5 Å². The van der Waals surface area contributed by atoms with Gasteiger partial charge in [-0.25, -0.2) is 4.39 Å². The standard InChI is InChI=1S/C20H22ClFN4O2/c21-14-4-3-13(8-15(14)22)28-9-17(27)24-19-10-20(11-19,12-19)25-18-16-2-1-6-26(16)7-5-23-18/h1-4,6,8,18,23,25H,5,7,9-12H2,(H,24,27). The van der Waals surface area contributed by atoms with Gasteiger partial charge in [-0.2, -0.15) is 0 Å². The van der Waals surface area contributed by atoms with Gasteiger partial charge in [-0.05, 0) is 43.5 Å². The van der Waals surface area contributed by atoms with E-state index in [1.807, 2.05) is 0 Å². The Bertz CT molecular complexity index is 911. The number of carbonyl (C=O) groups is 1. The lowest BCUT2D eigenvalue weighted by atomic mass is 9.44. The van der Waals surface area contributed by atoms with Crippen LogP contribution in [-0.4, -0.2) is 34.7 Å². The average Bonchev–Trinajstić information content (AvgIpc) is 3.09. The third-order valence-corrected chi connectivity index (χ3v) is 6.31. The topological polar surface area (TPSA) is 67.3 Å². The first kappa shape index (κ1) is 18.0. The van der Waals surface area contributed by atoms with E-state index in [1.54, 1.807) is 6.07 Å². The average molecular weight is 405 g/mol. The summed E-state index contributed by atoms with van der Waals surface area (Å²) in [5.41, 5.74) is 1.23. The summed E-state index contributed by atoms with van der Waals surface area (Å²) in [7, 11) is 0. The van der Waals surface area contributed by atoms with Crippen molar-refractivity contribution in [3.63, 3.8) is 0 Å². The van der Waals surface area contributed by atoms with Crippen molar-refractivity contribution in [3.8, 4) is 5.75 Å². The van der Waals surface area contributed by atoms with E-state index in [2.05, 4.69) is 38.8 Å². The first-order valence-electron chi connectivity index (χ1n) is 9.51. The Hall–Kier alpha value is -2.09. The van der Waals surface area contributed by atoms with Crippen molar-refractivity contribution in [2.75, 3.05) is 13.2 Å². The molecule has 2 bridgehead atoms. The van der Waals surface area contributed by atoms with Gasteiger partial charge in [0.15, 0.2) is 6.61 Å². The van der Waals surface area contributed by atoms with Crippen LogP contribution in [0.5, 0.6) is 5.75 Å². The molecule has 6 nitrogen and oxygen atoms in total. The molecule has 1 aliphatic heterocycles. The van der Waals surface area contributed by atoms with E-state index < -0.39 is 5.82 Å². The number of fused-ring (bicyclic) bond motifs is 1. The molecule has 3 aliphatic carbocycles. The second-order valence-electron chi connectivity index (χ2n) is 8.16. The molecule has 148 valence electrons. The van der Waals surface area contributed by atoms with Gasteiger partial charge in [0.05, 0.1) is 11.2 Å². The molecule has 2 aromatic rings. The smallest absolute Gasteiger partial charge is 0.258 e. The molecular weight excluding hydrogens is 383 g/mol. The number of rotatable bonds is 6. The highest BCUT2D eigenvalue weighted by molar-refractivity contribution is 6.30. The summed E-state index contributed by atoms with van der Waals surface area (Å²) in [6.07, 6.45) is 5.02. The molecule has 3 N–H and O–H groups in total. The third kappa shape index (κ3) is 3.07. The number of benzene rings is 1. The van der Waals surface area contributed by atoms with Crippen LogP contribution in [0.2, 0.25) is 5.02 Å². The Kier molecular flexibility index (Phi) is 4.15. The molecule has 3 saturated carbocycles. The SMILES string of the molecule is O=C(COc1ccc(Cl)c(F)c1)NC12CC(NC3NCCn4cccc43)(C1)C2. The molecule has 0 spiro atoms. The number of hydrogen-bond donors (Lipinski definition) is 3. The van der Waals surface area contributed by atoms with Gasteiger partial charge in [0.1, 0.15) is 11.6 Å². The minimum Gasteiger partial charge on any atom is -0.484 e. The zero-order chi connectivity index (χ0) is 19.4. The first-order valence-corrected chi connectivity index (χ1v) is 9.89. The maximum absolute atomic E-state index is 13.4. The van der Waals surface area contributed by atoms with E-state index in [4.69, 9.17) is 16.3 Å². The van der Waals surface area contributed by atoms with Crippen molar-refractivity contribution < 1.29 is 13.9 Å². The summed E-state index contributed by atoms with van der Waals surface area (Å²) in [4.78, 5) is 12.2. The summed E-state index contributed by atoms with van der Waals surface area (Å²) in [5, 5.41) is 10.4. The molecule has 1 unspecified atom stereocenters. The van der Waals surface area contributed by atoms with Crippen molar-refractivity contribution in [2.45, 2.75) is 43.1 Å². The van der Waals surface area contributed by atoms with Crippen molar-refractivity contribution in [1.29, 1.82) is 0 Å². The van der Waals surface area contributed by atoms with Crippen LogP contribution in [0.1, 0.15) is 31.1 Å². The normalized spacial score (nSPS) is 30.0. The number of amides is 1. The van der Waals surface area contributed by atoms with Gasteiger partial charge >= 0.3 is 0 Å². The number of carbonyl (C=O) groups excluding carboxylic acids is 1. The van der Waals surface area contributed by atoms with E-state index in [9.17, 15) is 9.18 Å². The van der Waals surface area contributed by atoms with Gasteiger partial charge in [0.2, 0.25) is 0 Å². The summed E-state index contributed by atoms with van der Waals surface area (Å²) >= 11 is 5.64. The molecule has 1 atom stereocenters. The van der Waals surface area contributed by atoms with Crippen LogP contribution in [-0.2, 0) is 11.3 Å². The van der Waals surface area contributed by atoms with Gasteiger partial charge in [-0.1, -0.05) is 11.6 Å².